The number of furan rings is 1. The second-order valence-electron chi connectivity index (χ2n) is 5.64. The fourth-order valence-electron chi connectivity index (χ4n) is 2.49. The summed E-state index contributed by atoms with van der Waals surface area (Å²) in [5.41, 5.74) is 1.76. The molecule has 0 aliphatic heterocycles. The van der Waals surface area contributed by atoms with Crippen molar-refractivity contribution in [3.8, 4) is 0 Å². The summed E-state index contributed by atoms with van der Waals surface area (Å²) in [6, 6.07) is 19.3. The number of benzene rings is 2. The van der Waals surface area contributed by atoms with Crippen LogP contribution in [0.15, 0.2) is 75.8 Å². The van der Waals surface area contributed by atoms with Gasteiger partial charge in [0.15, 0.2) is 11.3 Å². The third-order valence-electron chi connectivity index (χ3n) is 3.75. The molecule has 0 radical (unpaired) electrons. The standard InChI is InChI=1S/C20H15BrClNO4/c21-17-11-10-16(27-17)20(25)26-12-18(24)23-19(13-4-2-1-3-5-13)14-6-8-15(22)9-7-14/h1-11,19H,12H2,(H,23,24). The van der Waals surface area contributed by atoms with Gasteiger partial charge in [0, 0.05) is 5.02 Å². The molecule has 7 heteroatoms. The SMILES string of the molecule is O=C(COC(=O)c1ccc(Br)o1)NC(c1ccccc1)c1ccc(Cl)cc1. The summed E-state index contributed by atoms with van der Waals surface area (Å²) >= 11 is 9.06. The van der Waals surface area contributed by atoms with Gasteiger partial charge >= 0.3 is 5.97 Å². The molecule has 0 aliphatic carbocycles. The topological polar surface area (TPSA) is 68.5 Å². The van der Waals surface area contributed by atoms with Crippen LogP contribution in [0, 0.1) is 0 Å². The summed E-state index contributed by atoms with van der Waals surface area (Å²) in [6.07, 6.45) is 0. The molecule has 3 aromatic rings. The van der Waals surface area contributed by atoms with E-state index in [2.05, 4.69) is 21.2 Å². The zero-order valence-corrected chi connectivity index (χ0v) is 16.4. The van der Waals surface area contributed by atoms with Crippen LogP contribution in [0.4, 0.5) is 0 Å². The summed E-state index contributed by atoms with van der Waals surface area (Å²) in [4.78, 5) is 24.2. The summed E-state index contributed by atoms with van der Waals surface area (Å²) in [5.74, 6) is -1.12. The van der Waals surface area contributed by atoms with Crippen LogP contribution in [-0.4, -0.2) is 18.5 Å². The highest BCUT2D eigenvalue weighted by molar-refractivity contribution is 9.10. The number of ether oxygens (including phenoxy) is 1. The number of hydrogen-bond donors (Lipinski definition) is 1. The van der Waals surface area contributed by atoms with Crippen molar-refractivity contribution in [1.29, 1.82) is 0 Å². The zero-order valence-electron chi connectivity index (χ0n) is 14.0. The fraction of sp³-hybridized carbons (Fsp3) is 0.100. The predicted octanol–water partition coefficient (Wildman–Crippen LogP) is 4.76. The lowest BCUT2D eigenvalue weighted by Gasteiger charge is -2.20. The first-order valence-corrected chi connectivity index (χ1v) is 9.22. The molecule has 0 fully saturated rings. The predicted molar refractivity (Wildman–Crippen MR) is 105 cm³/mol. The van der Waals surface area contributed by atoms with Crippen molar-refractivity contribution in [1.82, 2.24) is 5.32 Å². The quantitative estimate of drug-likeness (QED) is 0.552. The molecule has 0 saturated heterocycles. The summed E-state index contributed by atoms with van der Waals surface area (Å²) in [5, 5.41) is 3.49. The van der Waals surface area contributed by atoms with Gasteiger partial charge in [0.2, 0.25) is 5.76 Å². The molecule has 1 aromatic heterocycles. The number of hydrogen-bond acceptors (Lipinski definition) is 4. The largest absolute Gasteiger partial charge is 0.450 e. The molecule has 0 spiro atoms. The van der Waals surface area contributed by atoms with E-state index in [1.807, 2.05) is 42.5 Å². The summed E-state index contributed by atoms with van der Waals surface area (Å²) < 4.78 is 10.5. The van der Waals surface area contributed by atoms with Gasteiger partial charge in [-0.1, -0.05) is 54.1 Å². The molecule has 27 heavy (non-hydrogen) atoms. The third-order valence-corrected chi connectivity index (χ3v) is 4.43. The third kappa shape index (κ3) is 5.21. The molecular formula is C20H15BrClNO4. The maximum absolute atomic E-state index is 12.4. The molecule has 2 aromatic carbocycles. The van der Waals surface area contributed by atoms with Crippen LogP contribution in [0.2, 0.25) is 5.02 Å². The molecular weight excluding hydrogens is 434 g/mol. The Balaban J connectivity index is 1.69. The van der Waals surface area contributed by atoms with E-state index in [0.717, 1.165) is 11.1 Å². The number of esters is 1. The molecule has 1 unspecified atom stereocenters. The van der Waals surface area contributed by atoms with E-state index < -0.39 is 24.5 Å². The Bertz CT molecular complexity index is 925. The van der Waals surface area contributed by atoms with Crippen LogP contribution in [-0.2, 0) is 9.53 Å². The number of nitrogens with one attached hydrogen (secondary N) is 1. The van der Waals surface area contributed by atoms with Crippen molar-refractivity contribution < 1.29 is 18.7 Å². The van der Waals surface area contributed by atoms with Gasteiger partial charge in [0.25, 0.3) is 5.91 Å². The van der Waals surface area contributed by atoms with Crippen LogP contribution in [0.3, 0.4) is 0 Å². The average molecular weight is 449 g/mol. The van der Waals surface area contributed by atoms with Crippen molar-refractivity contribution in [3.05, 3.63) is 93.3 Å². The van der Waals surface area contributed by atoms with Gasteiger partial charge in [-0.25, -0.2) is 4.79 Å². The first kappa shape index (κ1) is 19.2. The van der Waals surface area contributed by atoms with Crippen LogP contribution in [0.25, 0.3) is 0 Å². The second-order valence-corrected chi connectivity index (χ2v) is 6.86. The van der Waals surface area contributed by atoms with E-state index in [1.165, 1.54) is 6.07 Å². The molecule has 0 bridgehead atoms. The number of amides is 1. The number of carbonyl (C=O) groups is 2. The maximum atomic E-state index is 12.4. The van der Waals surface area contributed by atoms with Gasteiger partial charge in [-0.2, -0.15) is 0 Å². The minimum atomic E-state index is -0.710. The Morgan fingerprint density at radius 3 is 2.30 bits per heavy atom. The van der Waals surface area contributed by atoms with Gasteiger partial charge < -0.3 is 14.5 Å². The minimum Gasteiger partial charge on any atom is -0.450 e. The minimum absolute atomic E-state index is 0.0204. The summed E-state index contributed by atoms with van der Waals surface area (Å²) in [7, 11) is 0. The van der Waals surface area contributed by atoms with Gasteiger partial charge in [-0.15, -0.1) is 0 Å². The van der Waals surface area contributed by atoms with E-state index in [0.29, 0.717) is 9.69 Å². The lowest BCUT2D eigenvalue weighted by atomic mass is 9.99. The van der Waals surface area contributed by atoms with Crippen LogP contribution < -0.4 is 5.32 Å². The van der Waals surface area contributed by atoms with E-state index in [4.69, 9.17) is 20.8 Å². The molecule has 0 saturated carbocycles. The molecule has 1 amide bonds. The highest BCUT2D eigenvalue weighted by Crippen LogP contribution is 2.23. The highest BCUT2D eigenvalue weighted by atomic mass is 79.9. The number of halogens is 2. The van der Waals surface area contributed by atoms with E-state index >= 15 is 0 Å². The normalized spacial score (nSPS) is 11.6. The van der Waals surface area contributed by atoms with Gasteiger partial charge in [-0.3, -0.25) is 4.79 Å². The van der Waals surface area contributed by atoms with Crippen LogP contribution in [0.1, 0.15) is 27.7 Å². The lowest BCUT2D eigenvalue weighted by Crippen LogP contribution is -2.33. The Labute approximate surface area is 169 Å². The van der Waals surface area contributed by atoms with Gasteiger partial charge in [0.1, 0.15) is 0 Å². The second kappa shape index (κ2) is 8.88. The van der Waals surface area contributed by atoms with Crippen molar-refractivity contribution in [3.63, 3.8) is 0 Å². The van der Waals surface area contributed by atoms with Crippen LogP contribution >= 0.6 is 27.5 Å². The number of carbonyl (C=O) groups excluding carboxylic acids is 2. The molecule has 1 atom stereocenters. The van der Waals surface area contributed by atoms with Gasteiger partial charge in [-0.05, 0) is 51.3 Å². The summed E-state index contributed by atoms with van der Waals surface area (Å²) in [6.45, 7) is -0.423. The van der Waals surface area contributed by atoms with Crippen LogP contribution in [0.5, 0.6) is 0 Å². The fourth-order valence-corrected chi connectivity index (χ4v) is 2.92. The molecule has 0 aliphatic rings. The first-order chi connectivity index (χ1) is 13.0. The molecule has 1 N–H and O–H groups in total. The monoisotopic (exact) mass is 447 g/mol. The molecule has 138 valence electrons. The molecule has 3 rings (SSSR count). The Morgan fingerprint density at radius 2 is 1.67 bits per heavy atom. The molecule has 5 nitrogen and oxygen atoms in total. The van der Waals surface area contributed by atoms with Crippen molar-refractivity contribution >= 4 is 39.4 Å². The zero-order chi connectivity index (χ0) is 19.2. The number of rotatable bonds is 6. The average Bonchev–Trinajstić information content (AvgIpc) is 3.12. The first-order valence-electron chi connectivity index (χ1n) is 8.05. The van der Waals surface area contributed by atoms with E-state index in [1.54, 1.807) is 18.2 Å². The lowest BCUT2D eigenvalue weighted by molar-refractivity contribution is -0.124. The Kier molecular flexibility index (Phi) is 6.32. The maximum Gasteiger partial charge on any atom is 0.374 e. The van der Waals surface area contributed by atoms with Crippen molar-refractivity contribution in [2.45, 2.75) is 6.04 Å². The van der Waals surface area contributed by atoms with Crippen molar-refractivity contribution in [2.24, 2.45) is 0 Å². The van der Waals surface area contributed by atoms with E-state index in [-0.39, 0.29) is 5.76 Å². The Morgan fingerprint density at radius 1 is 1.00 bits per heavy atom. The molecule has 1 heterocycles. The smallest absolute Gasteiger partial charge is 0.374 e. The van der Waals surface area contributed by atoms with E-state index in [9.17, 15) is 9.59 Å². The van der Waals surface area contributed by atoms with Gasteiger partial charge in [0.05, 0.1) is 6.04 Å². The Hall–Kier alpha value is -2.57. The highest BCUT2D eigenvalue weighted by Gasteiger charge is 2.19. The van der Waals surface area contributed by atoms with Crippen molar-refractivity contribution in [2.75, 3.05) is 6.61 Å².